The number of nitrogens with zero attached hydrogens (tertiary/aromatic N) is 18. The van der Waals surface area contributed by atoms with E-state index in [1.54, 1.807) is 86.0 Å². The maximum atomic E-state index is 14.1. The molecular formula is C96H100F2N22O4. The van der Waals surface area contributed by atoms with E-state index in [4.69, 9.17) is 0 Å². The summed E-state index contributed by atoms with van der Waals surface area (Å²) in [6.07, 6.45) is 33.1. The molecule has 12 fully saturated rings. The van der Waals surface area contributed by atoms with Crippen LogP contribution in [0.5, 0.6) is 0 Å². The highest BCUT2D eigenvalue weighted by molar-refractivity contribution is 6.02. The third kappa shape index (κ3) is 18.8. The highest BCUT2D eigenvalue weighted by atomic mass is 19.1. The van der Waals surface area contributed by atoms with Gasteiger partial charge < -0.3 is 40.9 Å². The van der Waals surface area contributed by atoms with Gasteiger partial charge in [-0.1, -0.05) is 24.3 Å². The second kappa shape index (κ2) is 37.1. The fourth-order valence-electron chi connectivity index (χ4n) is 19.2. The second-order valence-corrected chi connectivity index (χ2v) is 34.1. The van der Waals surface area contributed by atoms with Gasteiger partial charge in [0.1, 0.15) is 46.3 Å². The predicted molar refractivity (Wildman–Crippen MR) is 469 cm³/mol. The molecule has 4 saturated carbocycles. The van der Waals surface area contributed by atoms with Gasteiger partial charge in [-0.3, -0.25) is 19.2 Å². The quantitative estimate of drug-likeness (QED) is 0.0698. The van der Waals surface area contributed by atoms with E-state index in [1.807, 2.05) is 147 Å². The second-order valence-electron chi connectivity index (χ2n) is 34.1. The zero-order chi connectivity index (χ0) is 85.5. The van der Waals surface area contributed by atoms with Gasteiger partial charge >= 0.3 is 0 Å². The smallest absolute Gasteiger partial charge is 0.273 e. The summed E-state index contributed by atoms with van der Waals surface area (Å²) in [5.74, 6) is 5.85. The number of piperidine rings is 8. The average molecular weight is 1660 g/mol. The van der Waals surface area contributed by atoms with Crippen LogP contribution in [0.1, 0.15) is 152 Å². The normalized spacial score (nSPS) is 22.4. The summed E-state index contributed by atoms with van der Waals surface area (Å²) < 4.78 is 28.2. The van der Waals surface area contributed by atoms with E-state index < -0.39 is 11.6 Å². The van der Waals surface area contributed by atoms with E-state index in [9.17, 15) is 28.0 Å². The number of pyridine rings is 6. The number of rotatable bonds is 16. The number of carbonyl (C=O) groups excluding carboxylic acids is 4. The van der Waals surface area contributed by atoms with Crippen LogP contribution in [0, 0.1) is 76.8 Å². The van der Waals surface area contributed by atoms with E-state index >= 15 is 0 Å². The fourth-order valence-corrected chi connectivity index (χ4v) is 19.2. The Balaban J connectivity index is 0.000000117. The minimum absolute atomic E-state index is 0.00742. The molecule has 8 bridgehead atoms. The minimum atomic E-state index is -0.441. The fraction of sp³-hybridized carbons (Fsp3) is 0.354. The highest BCUT2D eigenvalue weighted by Crippen LogP contribution is 2.44. The number of hydrogen-bond donors (Lipinski definition) is 4. The third-order valence-corrected chi connectivity index (χ3v) is 25.3. The van der Waals surface area contributed by atoms with Crippen molar-refractivity contribution in [3.05, 3.63) is 275 Å². The highest BCUT2D eigenvalue weighted by Gasteiger charge is 2.48. The molecule has 632 valence electrons. The van der Waals surface area contributed by atoms with Crippen molar-refractivity contribution in [2.75, 3.05) is 47.4 Å². The van der Waals surface area contributed by atoms with Crippen molar-refractivity contribution in [3.63, 3.8) is 0 Å². The first-order chi connectivity index (χ1) is 60.3. The Kier molecular flexibility index (Phi) is 24.8. The lowest BCUT2D eigenvalue weighted by molar-refractivity contribution is 0.0274. The molecular weight excluding hydrogens is 1560 g/mol. The molecule has 0 radical (unpaired) electrons. The summed E-state index contributed by atoms with van der Waals surface area (Å²) in [6.45, 7) is 14.9. The molecule has 8 aliphatic heterocycles. The molecule has 8 saturated heterocycles. The maximum absolute atomic E-state index is 14.1. The van der Waals surface area contributed by atoms with Crippen LogP contribution < -0.4 is 21.3 Å². The molecule has 12 aromatic rings. The van der Waals surface area contributed by atoms with E-state index in [2.05, 4.69) is 103 Å². The molecule has 124 heavy (non-hydrogen) atoms. The van der Waals surface area contributed by atoms with Gasteiger partial charge in [-0.25, -0.2) is 78.6 Å². The van der Waals surface area contributed by atoms with Crippen LogP contribution in [0.25, 0.3) is 45.7 Å². The SMILES string of the molecule is Cc1ccc(NC2CC3CCC2N(C(=O)c2cc(F)ccc2-c2ncccn2)C3)nc1.Cc1ccc(NC2CC3CCC2N(C(=O)c2ccc(C)nc2-c2ncccn2)C3)nc1.Cc1ccc(NC2CC3CCC2N(C(=O)c2ccc(F)cc2-c2ncccn2)C3)nc1.Cc1ccc(NC2CC3CCC2N(C(=O)c2nc(C)ccc2-c2ncccn2)C3)nc1. The first-order valence-corrected chi connectivity index (χ1v) is 43.0. The molecule has 0 spiro atoms. The first kappa shape index (κ1) is 82.9. The molecule has 4 aliphatic carbocycles. The number of hydrogen-bond acceptors (Lipinski definition) is 22. The Morgan fingerprint density at radius 2 is 0.637 bits per heavy atom. The molecule has 28 heteroatoms. The Morgan fingerprint density at radius 1 is 0.315 bits per heavy atom. The van der Waals surface area contributed by atoms with Gasteiger partial charge in [0, 0.05) is 147 Å². The van der Waals surface area contributed by atoms with E-state index in [0.717, 1.165) is 154 Å². The number of aromatic nitrogens is 14. The minimum Gasteiger partial charge on any atom is -0.365 e. The molecule has 4 amide bonds. The standard InChI is InChI=1S/2C24H24FN5O.2C24H26N6O/c1-15-3-8-22(28-13-15)29-20-11-16-4-7-21(20)30(14-16)24(31)18-6-5-17(25)12-19(18)23-26-9-2-10-27-23;1-15-3-8-22(28-13-15)29-20-11-16-4-7-21(20)30(14-16)24(31)19-12-17(25)5-6-18(19)23-26-9-2-10-27-23;1-15-4-9-21(27-13-15)29-19-12-17-6-8-20(19)30(14-17)24(31)18-7-5-16(2)28-22(18)23-25-10-3-11-26-23;1-15-4-9-21(27-13-15)29-19-12-17-6-8-20(19)30(14-17)24(31)22-18(7-5-16(2)28-22)23-25-10-3-11-26-23/h2*2-3,5-6,8-10,12-13,16,20-21H,4,7,11,14H2,1H3,(H,28,29);2*3-5,7,9-11,13,17,19-20H,6,8,12,14H2,1-2H3,(H,27,29). The number of carbonyl (C=O) groups is 4. The van der Waals surface area contributed by atoms with Gasteiger partial charge in [0.05, 0.1) is 46.4 Å². The van der Waals surface area contributed by atoms with Crippen LogP contribution in [-0.2, 0) is 0 Å². The van der Waals surface area contributed by atoms with Crippen molar-refractivity contribution in [2.24, 2.45) is 23.7 Å². The van der Waals surface area contributed by atoms with Crippen molar-refractivity contribution in [2.45, 2.75) is 167 Å². The molecule has 12 unspecified atom stereocenters. The summed E-state index contributed by atoms with van der Waals surface area (Å²) in [6, 6.07) is 40.1. The van der Waals surface area contributed by atoms with Gasteiger partial charge in [-0.05, 0) is 274 Å². The zero-order valence-electron chi connectivity index (χ0n) is 70.3. The summed E-state index contributed by atoms with van der Waals surface area (Å²) in [5.41, 5.74) is 10.1. The van der Waals surface area contributed by atoms with Crippen LogP contribution in [-0.4, -0.2) is 188 Å². The van der Waals surface area contributed by atoms with Gasteiger partial charge in [-0.15, -0.1) is 0 Å². The van der Waals surface area contributed by atoms with E-state index in [-0.39, 0.29) is 72.0 Å². The molecule has 4 N–H and O–H groups in total. The lowest BCUT2D eigenvalue weighted by Crippen LogP contribution is -2.60. The van der Waals surface area contributed by atoms with Gasteiger partial charge in [-0.2, -0.15) is 0 Å². The average Bonchev–Trinajstić information content (AvgIpc) is 0.778. The molecule has 12 atom stereocenters. The van der Waals surface area contributed by atoms with Crippen LogP contribution in [0.15, 0.2) is 208 Å². The Labute approximate surface area is 719 Å². The molecule has 2 aromatic carbocycles. The van der Waals surface area contributed by atoms with Crippen molar-refractivity contribution in [1.82, 2.24) is 89.4 Å². The van der Waals surface area contributed by atoms with Crippen molar-refractivity contribution < 1.29 is 28.0 Å². The monoisotopic (exact) mass is 1660 g/mol. The summed E-state index contributed by atoms with van der Waals surface area (Å²) >= 11 is 0. The molecule has 26 nitrogen and oxygen atoms in total. The van der Waals surface area contributed by atoms with Gasteiger partial charge in [0.25, 0.3) is 23.6 Å². The Bertz CT molecular complexity index is 5410. The predicted octanol–water partition coefficient (Wildman–Crippen LogP) is 15.5. The molecule has 12 aliphatic rings. The molecule has 10 aromatic heterocycles. The number of fused-ring (bicyclic) bond motifs is 12. The lowest BCUT2D eigenvalue weighted by Gasteiger charge is -2.50. The molecule has 18 heterocycles. The summed E-state index contributed by atoms with van der Waals surface area (Å²) in [7, 11) is 0. The first-order valence-electron chi connectivity index (χ1n) is 43.0. The number of amides is 4. The van der Waals surface area contributed by atoms with Crippen molar-refractivity contribution in [3.8, 4) is 45.7 Å². The molecule has 24 rings (SSSR count). The topological polar surface area (TPSA) is 310 Å². The van der Waals surface area contributed by atoms with Crippen LogP contribution in [0.3, 0.4) is 0 Å². The zero-order valence-corrected chi connectivity index (χ0v) is 70.3. The number of halogens is 2. The van der Waals surface area contributed by atoms with Crippen molar-refractivity contribution in [1.29, 1.82) is 0 Å². The number of anilines is 4. The van der Waals surface area contributed by atoms with Gasteiger partial charge in [0.2, 0.25) is 0 Å². The van der Waals surface area contributed by atoms with Crippen LogP contribution >= 0.6 is 0 Å². The van der Waals surface area contributed by atoms with Crippen LogP contribution in [0.4, 0.5) is 32.1 Å². The number of aryl methyl sites for hydroxylation is 6. The maximum Gasteiger partial charge on any atom is 0.273 e. The van der Waals surface area contributed by atoms with E-state index in [0.29, 0.717) is 98.3 Å². The summed E-state index contributed by atoms with van der Waals surface area (Å²) in [4.78, 5) is 124. The van der Waals surface area contributed by atoms with Crippen LogP contribution in [0.2, 0.25) is 0 Å². The van der Waals surface area contributed by atoms with Crippen molar-refractivity contribution >= 4 is 46.9 Å². The van der Waals surface area contributed by atoms with E-state index in [1.165, 1.54) is 24.3 Å². The largest absolute Gasteiger partial charge is 0.365 e. The lowest BCUT2D eigenvalue weighted by atomic mass is 9.76. The number of benzene rings is 2. The Morgan fingerprint density at radius 3 is 1.03 bits per heavy atom. The number of nitrogens with one attached hydrogen (secondary N) is 4. The Hall–Kier alpha value is -13.4. The summed E-state index contributed by atoms with van der Waals surface area (Å²) in [5, 5.41) is 14.2. The van der Waals surface area contributed by atoms with Gasteiger partial charge in [0.15, 0.2) is 23.3 Å². The third-order valence-electron chi connectivity index (χ3n) is 25.3.